The normalized spacial score (nSPS) is 16.0. The van der Waals surface area contributed by atoms with Gasteiger partial charge in [-0.25, -0.2) is 14.2 Å². The third-order valence-electron chi connectivity index (χ3n) is 1.76. The Morgan fingerprint density at radius 3 is 2.92 bits per heavy atom. The molecule has 2 rings (SSSR count). The van der Waals surface area contributed by atoms with Crippen molar-refractivity contribution in [2.24, 2.45) is 0 Å². The van der Waals surface area contributed by atoms with E-state index in [4.69, 9.17) is 22.2 Å². The number of rotatable bonds is 0. The first-order chi connectivity index (χ1) is 5.72. The molecule has 0 saturated heterocycles. The van der Waals surface area contributed by atoms with E-state index in [9.17, 15) is 4.79 Å². The van der Waals surface area contributed by atoms with E-state index in [0.717, 1.165) is 0 Å². The molecule has 0 aromatic carbocycles. The fourth-order valence-corrected chi connectivity index (χ4v) is 1.42. The summed E-state index contributed by atoms with van der Waals surface area (Å²) in [5.74, 6) is 0. The molecular weight excluding hydrogens is 182 g/mol. The number of aromatic nitrogens is 3. The van der Waals surface area contributed by atoms with Gasteiger partial charge in [0.15, 0.2) is 0 Å². The van der Waals surface area contributed by atoms with Gasteiger partial charge < -0.3 is 9.94 Å². The zero-order chi connectivity index (χ0) is 8.72. The molecule has 1 N–H and O–H groups in total. The van der Waals surface area contributed by atoms with Crippen LogP contribution in [0.15, 0.2) is 4.79 Å². The van der Waals surface area contributed by atoms with Crippen molar-refractivity contribution in [1.82, 2.24) is 14.1 Å². The second-order valence-corrected chi connectivity index (χ2v) is 2.80. The summed E-state index contributed by atoms with van der Waals surface area (Å²) in [5.41, 5.74) is -0.556. The Morgan fingerprint density at radius 1 is 1.50 bits per heavy atom. The minimum absolute atomic E-state index is 0.114. The van der Waals surface area contributed by atoms with Crippen molar-refractivity contribution in [1.29, 1.82) is 0 Å². The van der Waals surface area contributed by atoms with E-state index >= 15 is 0 Å². The van der Waals surface area contributed by atoms with E-state index < -0.39 is 5.69 Å². The van der Waals surface area contributed by atoms with Crippen molar-refractivity contribution in [3.05, 3.63) is 15.3 Å². The molecule has 0 spiro atoms. The molecule has 12 heavy (non-hydrogen) atoms. The van der Waals surface area contributed by atoms with Crippen LogP contribution in [-0.2, 0) is 18.0 Å². The maximum Gasteiger partial charge on any atom is 0.380 e. The van der Waals surface area contributed by atoms with Crippen LogP contribution in [0, 0.1) is 4.77 Å². The number of nitrogens with zero attached hydrogens (tertiary/aromatic N) is 3. The SMILES string of the molecule is O=c1n(O)c(=S)n2n1COCC2. The predicted octanol–water partition coefficient (Wildman–Crippen LogP) is -0.594. The maximum absolute atomic E-state index is 11.1. The highest BCUT2D eigenvalue weighted by Crippen LogP contribution is 1.98. The van der Waals surface area contributed by atoms with Crippen LogP contribution in [0.5, 0.6) is 0 Å². The van der Waals surface area contributed by atoms with Crippen molar-refractivity contribution in [3.63, 3.8) is 0 Å². The fraction of sp³-hybridized carbons (Fsp3) is 0.600. The summed E-state index contributed by atoms with van der Waals surface area (Å²) in [6, 6.07) is 0. The Labute approximate surface area is 72.1 Å². The summed E-state index contributed by atoms with van der Waals surface area (Å²) < 4.78 is 8.35. The van der Waals surface area contributed by atoms with Crippen LogP contribution < -0.4 is 5.69 Å². The van der Waals surface area contributed by atoms with Crippen LogP contribution in [0.4, 0.5) is 0 Å². The summed E-state index contributed by atoms with van der Waals surface area (Å²) in [6.07, 6.45) is 0. The van der Waals surface area contributed by atoms with E-state index in [1.807, 2.05) is 0 Å². The van der Waals surface area contributed by atoms with Gasteiger partial charge in [0, 0.05) is 0 Å². The Bertz CT molecular complexity index is 377. The Kier molecular flexibility index (Phi) is 1.55. The molecule has 1 aromatic heterocycles. The fourth-order valence-electron chi connectivity index (χ4n) is 1.15. The van der Waals surface area contributed by atoms with Crippen LogP contribution in [0.2, 0.25) is 0 Å². The van der Waals surface area contributed by atoms with Gasteiger partial charge in [0.1, 0.15) is 6.73 Å². The summed E-state index contributed by atoms with van der Waals surface area (Å²) in [5, 5.41) is 9.10. The first-order valence-corrected chi connectivity index (χ1v) is 3.82. The second-order valence-electron chi connectivity index (χ2n) is 2.44. The molecule has 1 aromatic rings. The zero-order valence-corrected chi connectivity index (χ0v) is 6.95. The molecule has 0 unspecified atom stereocenters. The van der Waals surface area contributed by atoms with Gasteiger partial charge >= 0.3 is 5.69 Å². The third kappa shape index (κ3) is 0.833. The topological polar surface area (TPSA) is 61.3 Å². The summed E-state index contributed by atoms with van der Waals surface area (Å²) in [6.45, 7) is 1.16. The molecule has 0 radical (unpaired) electrons. The third-order valence-corrected chi connectivity index (χ3v) is 2.14. The predicted molar refractivity (Wildman–Crippen MR) is 40.7 cm³/mol. The van der Waals surface area contributed by atoms with Crippen LogP contribution in [0.1, 0.15) is 0 Å². The molecule has 1 aliphatic rings. The highest BCUT2D eigenvalue weighted by molar-refractivity contribution is 7.71. The van der Waals surface area contributed by atoms with Crippen LogP contribution in [-0.4, -0.2) is 25.9 Å². The van der Waals surface area contributed by atoms with E-state index in [2.05, 4.69) is 0 Å². The molecule has 0 atom stereocenters. The average molecular weight is 189 g/mol. The van der Waals surface area contributed by atoms with Crippen LogP contribution in [0.3, 0.4) is 0 Å². The number of hydrogen-bond acceptors (Lipinski definition) is 4. The molecule has 1 aliphatic heterocycles. The molecule has 0 bridgehead atoms. The molecule has 7 heteroatoms. The van der Waals surface area contributed by atoms with Gasteiger partial charge in [0.25, 0.3) is 0 Å². The summed E-state index contributed by atoms with van der Waals surface area (Å²) in [4.78, 5) is 11.1. The minimum Gasteiger partial charge on any atom is -0.421 e. The standard InChI is InChI=1S/C5H7N3O3S/c9-4-7-3-11-2-1-6(7)5(12)8(4)10/h10H,1-3H2. The zero-order valence-electron chi connectivity index (χ0n) is 6.13. The van der Waals surface area contributed by atoms with Gasteiger partial charge in [-0.3, -0.25) is 0 Å². The molecule has 0 amide bonds. The van der Waals surface area contributed by atoms with Gasteiger partial charge in [0.05, 0.1) is 13.2 Å². The Hall–Kier alpha value is -1.08. The smallest absolute Gasteiger partial charge is 0.380 e. The molecule has 0 aliphatic carbocycles. The van der Waals surface area contributed by atoms with Crippen molar-refractivity contribution < 1.29 is 9.94 Å². The first kappa shape index (κ1) is 7.56. The molecule has 0 saturated carbocycles. The lowest BCUT2D eigenvalue weighted by Gasteiger charge is -2.15. The molecule has 6 nitrogen and oxygen atoms in total. The highest BCUT2D eigenvalue weighted by Gasteiger charge is 2.15. The van der Waals surface area contributed by atoms with Gasteiger partial charge in [-0.15, -0.1) is 4.73 Å². The van der Waals surface area contributed by atoms with Crippen LogP contribution in [0.25, 0.3) is 0 Å². The van der Waals surface area contributed by atoms with E-state index in [-0.39, 0.29) is 11.5 Å². The van der Waals surface area contributed by atoms with Crippen molar-refractivity contribution in [2.45, 2.75) is 13.3 Å². The number of fused-ring (bicyclic) bond motifs is 1. The van der Waals surface area contributed by atoms with E-state index in [1.165, 1.54) is 9.36 Å². The maximum atomic E-state index is 11.1. The van der Waals surface area contributed by atoms with Crippen molar-refractivity contribution in [2.75, 3.05) is 6.61 Å². The number of ether oxygens (including phenoxy) is 1. The number of hydrogen-bond donors (Lipinski definition) is 1. The summed E-state index contributed by atoms with van der Waals surface area (Å²) >= 11 is 4.80. The van der Waals surface area contributed by atoms with Gasteiger partial charge in [0.2, 0.25) is 4.77 Å². The quantitative estimate of drug-likeness (QED) is 0.437. The monoisotopic (exact) mass is 189 g/mol. The molecule has 66 valence electrons. The van der Waals surface area contributed by atoms with Crippen molar-refractivity contribution >= 4 is 12.2 Å². The van der Waals surface area contributed by atoms with E-state index in [0.29, 0.717) is 17.9 Å². The molecule has 2 heterocycles. The molecule has 0 fully saturated rings. The minimum atomic E-state index is -0.556. The molecular formula is C5H7N3O3S. The van der Waals surface area contributed by atoms with Gasteiger partial charge in [-0.1, -0.05) is 0 Å². The van der Waals surface area contributed by atoms with Gasteiger partial charge in [-0.2, -0.15) is 0 Å². The lowest BCUT2D eigenvalue weighted by atomic mass is 10.7. The van der Waals surface area contributed by atoms with Crippen LogP contribution >= 0.6 is 12.2 Å². The van der Waals surface area contributed by atoms with Crippen molar-refractivity contribution in [3.8, 4) is 0 Å². The Balaban J connectivity index is 2.77. The lowest BCUT2D eigenvalue weighted by Crippen LogP contribution is -2.32. The average Bonchev–Trinajstić information content (AvgIpc) is 2.33. The largest absolute Gasteiger partial charge is 0.421 e. The lowest BCUT2D eigenvalue weighted by molar-refractivity contribution is 0.0123. The van der Waals surface area contributed by atoms with Gasteiger partial charge in [-0.05, 0) is 12.2 Å². The summed E-state index contributed by atoms with van der Waals surface area (Å²) in [7, 11) is 0. The second kappa shape index (κ2) is 2.46. The first-order valence-electron chi connectivity index (χ1n) is 3.41. The Morgan fingerprint density at radius 2 is 2.25 bits per heavy atom. The van der Waals surface area contributed by atoms with E-state index in [1.54, 1.807) is 0 Å². The highest BCUT2D eigenvalue weighted by atomic mass is 32.1.